The number of nitrogens with one attached hydrogen (secondary N) is 2. The molecular formula is C17H19N3O4. The van der Waals surface area contributed by atoms with Crippen molar-refractivity contribution in [2.75, 3.05) is 25.5 Å². The van der Waals surface area contributed by atoms with Gasteiger partial charge in [0.15, 0.2) is 0 Å². The first-order valence-corrected chi connectivity index (χ1v) is 7.54. The van der Waals surface area contributed by atoms with Crippen LogP contribution in [0, 0.1) is 10.1 Å². The van der Waals surface area contributed by atoms with Crippen molar-refractivity contribution in [3.05, 3.63) is 64.2 Å². The van der Waals surface area contributed by atoms with Crippen LogP contribution in [-0.4, -0.2) is 31.0 Å². The third kappa shape index (κ3) is 4.70. The van der Waals surface area contributed by atoms with Crippen LogP contribution >= 0.6 is 0 Å². The first-order valence-electron chi connectivity index (χ1n) is 7.54. The number of nitro benzene ring substituents is 1. The van der Waals surface area contributed by atoms with Gasteiger partial charge in [-0.05, 0) is 24.6 Å². The van der Waals surface area contributed by atoms with Crippen LogP contribution in [0.15, 0.2) is 48.5 Å². The molecule has 0 aliphatic carbocycles. The summed E-state index contributed by atoms with van der Waals surface area (Å²) in [4.78, 5) is 22.5. The van der Waals surface area contributed by atoms with Gasteiger partial charge in [-0.15, -0.1) is 0 Å². The molecule has 0 atom stereocenters. The summed E-state index contributed by atoms with van der Waals surface area (Å²) in [6, 6.07) is 13.5. The Labute approximate surface area is 139 Å². The monoisotopic (exact) mass is 329 g/mol. The van der Waals surface area contributed by atoms with Crippen molar-refractivity contribution in [1.82, 2.24) is 5.32 Å². The van der Waals surface area contributed by atoms with Gasteiger partial charge in [0.05, 0.1) is 17.1 Å². The second kappa shape index (κ2) is 8.52. The molecule has 0 spiro atoms. The third-order valence-corrected chi connectivity index (χ3v) is 3.35. The maximum atomic E-state index is 12.2. The predicted molar refractivity (Wildman–Crippen MR) is 91.5 cm³/mol. The largest absolute Gasteiger partial charge is 0.494 e. The number of anilines is 1. The number of hydrogen-bond acceptors (Lipinski definition) is 5. The molecule has 0 saturated heterocycles. The summed E-state index contributed by atoms with van der Waals surface area (Å²) in [7, 11) is 1.66. The summed E-state index contributed by atoms with van der Waals surface area (Å²) in [5.41, 5.74) is 0.667. The molecule has 7 nitrogen and oxygen atoms in total. The minimum Gasteiger partial charge on any atom is -0.494 e. The Morgan fingerprint density at radius 1 is 1.21 bits per heavy atom. The van der Waals surface area contributed by atoms with Gasteiger partial charge in [-0.1, -0.05) is 18.2 Å². The molecule has 0 aliphatic heterocycles. The third-order valence-electron chi connectivity index (χ3n) is 3.35. The zero-order valence-corrected chi connectivity index (χ0v) is 13.3. The highest BCUT2D eigenvalue weighted by atomic mass is 16.6. The summed E-state index contributed by atoms with van der Waals surface area (Å²) < 4.78 is 5.54. The second-order valence-corrected chi connectivity index (χ2v) is 5.01. The molecule has 0 heterocycles. The Kier molecular flexibility index (Phi) is 6.13. The molecule has 2 aromatic rings. The highest BCUT2D eigenvalue weighted by molar-refractivity contribution is 6.00. The number of benzene rings is 2. The van der Waals surface area contributed by atoms with Crippen molar-refractivity contribution in [2.45, 2.75) is 6.42 Å². The Morgan fingerprint density at radius 2 is 1.96 bits per heavy atom. The molecule has 2 aromatic carbocycles. The Balaban J connectivity index is 1.85. The van der Waals surface area contributed by atoms with Gasteiger partial charge < -0.3 is 15.4 Å². The fourth-order valence-corrected chi connectivity index (χ4v) is 2.13. The van der Waals surface area contributed by atoms with Crippen molar-refractivity contribution in [3.63, 3.8) is 0 Å². The zero-order valence-electron chi connectivity index (χ0n) is 13.3. The molecular weight excluding hydrogens is 310 g/mol. The van der Waals surface area contributed by atoms with Crippen LogP contribution in [-0.2, 0) is 0 Å². The van der Waals surface area contributed by atoms with E-state index >= 15 is 0 Å². The van der Waals surface area contributed by atoms with E-state index in [4.69, 9.17) is 4.74 Å². The molecule has 126 valence electrons. The number of nitrogens with zero attached hydrogens (tertiary/aromatic N) is 1. The number of rotatable bonds is 8. The smallest absolute Gasteiger partial charge is 0.270 e. The summed E-state index contributed by atoms with van der Waals surface area (Å²) >= 11 is 0. The fourth-order valence-electron chi connectivity index (χ4n) is 2.13. The number of non-ortho nitro benzene ring substituents is 1. The van der Waals surface area contributed by atoms with Crippen molar-refractivity contribution in [2.24, 2.45) is 0 Å². The quantitative estimate of drug-likeness (QED) is 0.441. The van der Waals surface area contributed by atoms with Gasteiger partial charge in [0.1, 0.15) is 5.75 Å². The van der Waals surface area contributed by atoms with Crippen LogP contribution in [0.2, 0.25) is 0 Å². The molecule has 2 N–H and O–H groups in total. The number of amides is 1. The van der Waals surface area contributed by atoms with Crippen molar-refractivity contribution in [3.8, 4) is 5.75 Å². The maximum absolute atomic E-state index is 12.2. The summed E-state index contributed by atoms with van der Waals surface area (Å²) in [6.45, 7) is 0.885. The molecule has 0 aliphatic rings. The average Bonchev–Trinajstić information content (AvgIpc) is 2.61. The molecule has 1 amide bonds. The van der Waals surface area contributed by atoms with Gasteiger partial charge >= 0.3 is 0 Å². The topological polar surface area (TPSA) is 93.5 Å². The first kappa shape index (κ1) is 17.3. The molecule has 2 rings (SSSR count). The van der Waals surface area contributed by atoms with Crippen molar-refractivity contribution >= 4 is 17.3 Å². The molecule has 0 unspecified atom stereocenters. The minimum absolute atomic E-state index is 0.119. The van der Waals surface area contributed by atoms with Gasteiger partial charge in [0, 0.05) is 31.4 Å². The number of para-hydroxylation sites is 1. The lowest BCUT2D eigenvalue weighted by Crippen LogP contribution is -2.26. The lowest BCUT2D eigenvalue weighted by Gasteiger charge is -2.10. The van der Waals surface area contributed by atoms with Crippen molar-refractivity contribution in [1.29, 1.82) is 0 Å². The lowest BCUT2D eigenvalue weighted by molar-refractivity contribution is -0.384. The Morgan fingerprint density at radius 3 is 2.62 bits per heavy atom. The molecule has 0 saturated carbocycles. The number of ether oxygens (including phenoxy) is 1. The molecule has 0 fully saturated rings. The van der Waals surface area contributed by atoms with E-state index in [1.54, 1.807) is 7.05 Å². The van der Waals surface area contributed by atoms with Crippen LogP contribution in [0.5, 0.6) is 5.75 Å². The van der Waals surface area contributed by atoms with Gasteiger partial charge in [0.2, 0.25) is 0 Å². The van der Waals surface area contributed by atoms with E-state index in [0.717, 1.165) is 5.75 Å². The zero-order chi connectivity index (χ0) is 17.4. The molecule has 0 bridgehead atoms. The van der Waals surface area contributed by atoms with Gasteiger partial charge in [-0.25, -0.2) is 0 Å². The van der Waals surface area contributed by atoms with E-state index in [2.05, 4.69) is 10.6 Å². The van der Waals surface area contributed by atoms with Gasteiger partial charge in [-0.3, -0.25) is 14.9 Å². The average molecular weight is 329 g/mol. The fraction of sp³-hybridized carbons (Fsp3) is 0.235. The van der Waals surface area contributed by atoms with Gasteiger partial charge in [0.25, 0.3) is 11.6 Å². The van der Waals surface area contributed by atoms with Crippen LogP contribution < -0.4 is 15.4 Å². The molecule has 24 heavy (non-hydrogen) atoms. The Hall–Kier alpha value is -3.09. The second-order valence-electron chi connectivity index (χ2n) is 5.01. The predicted octanol–water partition coefficient (Wildman–Crippen LogP) is 2.84. The molecule has 0 aromatic heterocycles. The van der Waals surface area contributed by atoms with Crippen LogP contribution in [0.1, 0.15) is 16.8 Å². The van der Waals surface area contributed by atoms with Crippen LogP contribution in [0.3, 0.4) is 0 Å². The first-order chi connectivity index (χ1) is 11.6. The summed E-state index contributed by atoms with van der Waals surface area (Å²) in [6.07, 6.45) is 0.629. The highest BCUT2D eigenvalue weighted by Gasteiger charge is 2.15. The normalized spacial score (nSPS) is 10.0. The van der Waals surface area contributed by atoms with Crippen LogP contribution in [0.4, 0.5) is 11.4 Å². The molecule has 7 heteroatoms. The lowest BCUT2D eigenvalue weighted by atomic mass is 10.1. The van der Waals surface area contributed by atoms with Gasteiger partial charge in [-0.2, -0.15) is 0 Å². The minimum atomic E-state index is -0.524. The van der Waals surface area contributed by atoms with E-state index in [1.807, 2.05) is 30.3 Å². The van der Waals surface area contributed by atoms with Crippen molar-refractivity contribution < 1.29 is 14.5 Å². The molecule has 0 radical (unpaired) electrons. The number of hydrogen-bond donors (Lipinski definition) is 2. The SMILES string of the molecule is CNc1ccc([N+](=O)[O-])cc1C(=O)NCCCOc1ccccc1. The van der Waals surface area contributed by atoms with E-state index in [9.17, 15) is 14.9 Å². The maximum Gasteiger partial charge on any atom is 0.270 e. The number of carbonyl (C=O) groups excluding carboxylic acids is 1. The van der Waals surface area contributed by atoms with E-state index in [1.165, 1.54) is 18.2 Å². The van der Waals surface area contributed by atoms with E-state index in [0.29, 0.717) is 25.3 Å². The standard InChI is InChI=1S/C17H19N3O4/c1-18-16-9-8-13(20(22)23)12-15(16)17(21)19-10-5-11-24-14-6-3-2-4-7-14/h2-4,6-9,12,18H,5,10-11H2,1H3,(H,19,21). The summed E-state index contributed by atoms with van der Waals surface area (Å²) in [5.74, 6) is 0.419. The Bertz CT molecular complexity index is 704. The van der Waals surface area contributed by atoms with E-state index < -0.39 is 4.92 Å². The number of nitro groups is 1. The van der Waals surface area contributed by atoms with E-state index in [-0.39, 0.29) is 17.2 Å². The highest BCUT2D eigenvalue weighted by Crippen LogP contribution is 2.21. The van der Waals surface area contributed by atoms with Crippen LogP contribution in [0.25, 0.3) is 0 Å². The number of carbonyl (C=O) groups is 1. The summed E-state index contributed by atoms with van der Waals surface area (Å²) in [5, 5.41) is 16.4.